The third-order valence-corrected chi connectivity index (χ3v) is 3.77. The van der Waals surface area contributed by atoms with Crippen molar-refractivity contribution in [1.82, 2.24) is 4.90 Å². The maximum absolute atomic E-state index is 13.3. The Morgan fingerprint density at radius 3 is 2.39 bits per heavy atom. The number of likely N-dealkylation sites (N-methyl/N-ethyl adjacent to an activating group) is 1. The first-order chi connectivity index (χ1) is 11.0. The average molecular weight is 331 g/mol. The van der Waals surface area contributed by atoms with Crippen LogP contribution in [0.25, 0.3) is 5.57 Å². The van der Waals surface area contributed by atoms with Gasteiger partial charge in [0.2, 0.25) is 0 Å². The molecular weight excluding hydrogens is 319 g/mol. The van der Waals surface area contributed by atoms with Gasteiger partial charge in [-0.3, -0.25) is 14.5 Å². The molecule has 0 atom stereocenters. The van der Waals surface area contributed by atoms with Crippen molar-refractivity contribution in [2.24, 2.45) is 0 Å². The van der Waals surface area contributed by atoms with Gasteiger partial charge in [-0.15, -0.1) is 0 Å². The minimum Gasteiger partial charge on any atom is -0.350 e. The van der Waals surface area contributed by atoms with Crippen molar-refractivity contribution < 1.29 is 14.0 Å². The molecule has 1 aliphatic rings. The number of nitrogens with one attached hydrogen (secondary N) is 1. The zero-order valence-electron chi connectivity index (χ0n) is 12.1. The number of rotatable bonds is 3. The summed E-state index contributed by atoms with van der Waals surface area (Å²) in [5.41, 5.74) is 1.31. The van der Waals surface area contributed by atoms with Crippen molar-refractivity contribution in [3.63, 3.8) is 0 Å². The summed E-state index contributed by atoms with van der Waals surface area (Å²) in [6, 6.07) is 12.3. The SMILES string of the molecule is CN1C(=O)C(Nc2cccc(F)c2)=C(c2ccc(Cl)cc2)C1=O. The number of hydrogen-bond donors (Lipinski definition) is 1. The number of halogens is 2. The first-order valence-corrected chi connectivity index (χ1v) is 7.20. The largest absolute Gasteiger partial charge is 0.350 e. The fourth-order valence-corrected chi connectivity index (χ4v) is 2.48. The molecule has 0 aliphatic carbocycles. The van der Waals surface area contributed by atoms with Gasteiger partial charge in [-0.05, 0) is 35.9 Å². The van der Waals surface area contributed by atoms with E-state index in [1.54, 1.807) is 30.3 Å². The van der Waals surface area contributed by atoms with Crippen molar-refractivity contribution >= 4 is 34.7 Å². The van der Waals surface area contributed by atoms with Crippen molar-refractivity contribution in [2.75, 3.05) is 12.4 Å². The molecule has 0 fully saturated rings. The molecule has 1 N–H and O–H groups in total. The zero-order chi connectivity index (χ0) is 16.6. The summed E-state index contributed by atoms with van der Waals surface area (Å²) >= 11 is 5.86. The standard InChI is InChI=1S/C17H12ClFN2O2/c1-21-16(22)14(10-5-7-11(18)8-6-10)15(17(21)23)20-13-4-2-3-12(19)9-13/h2-9,20H,1H3. The quantitative estimate of drug-likeness (QED) is 0.878. The van der Waals surface area contributed by atoms with E-state index in [0.29, 0.717) is 16.3 Å². The second-order valence-corrected chi connectivity index (χ2v) is 5.50. The van der Waals surface area contributed by atoms with Gasteiger partial charge in [0.25, 0.3) is 11.8 Å². The van der Waals surface area contributed by atoms with Crippen LogP contribution in [0, 0.1) is 5.82 Å². The smallest absolute Gasteiger partial charge is 0.277 e. The van der Waals surface area contributed by atoms with Gasteiger partial charge < -0.3 is 5.32 Å². The number of amides is 2. The Kier molecular flexibility index (Phi) is 3.88. The van der Waals surface area contributed by atoms with Crippen LogP contribution in [0.2, 0.25) is 5.02 Å². The molecule has 6 heteroatoms. The molecule has 4 nitrogen and oxygen atoms in total. The summed E-state index contributed by atoms with van der Waals surface area (Å²) < 4.78 is 13.3. The van der Waals surface area contributed by atoms with Crippen molar-refractivity contribution in [1.29, 1.82) is 0 Å². The molecule has 0 spiro atoms. The number of benzene rings is 2. The molecular formula is C17H12ClFN2O2. The summed E-state index contributed by atoms with van der Waals surface area (Å²) in [6.45, 7) is 0. The number of anilines is 1. The Labute approximate surface area is 137 Å². The molecule has 0 unspecified atom stereocenters. The Morgan fingerprint density at radius 1 is 1.04 bits per heavy atom. The van der Waals surface area contributed by atoms with E-state index in [4.69, 9.17) is 11.6 Å². The molecule has 0 saturated carbocycles. The van der Waals surface area contributed by atoms with E-state index in [1.165, 1.54) is 25.2 Å². The number of carbonyl (C=O) groups excluding carboxylic acids is 2. The summed E-state index contributed by atoms with van der Waals surface area (Å²) in [4.78, 5) is 25.7. The van der Waals surface area contributed by atoms with Crippen LogP contribution in [0.3, 0.4) is 0 Å². The molecule has 116 valence electrons. The highest BCUT2D eigenvalue weighted by Gasteiger charge is 2.36. The van der Waals surface area contributed by atoms with Crippen LogP contribution in [0.15, 0.2) is 54.2 Å². The first kappa shape index (κ1) is 15.2. The molecule has 3 rings (SSSR count). The maximum atomic E-state index is 13.3. The van der Waals surface area contributed by atoms with Crippen molar-refractivity contribution in [3.8, 4) is 0 Å². The zero-order valence-corrected chi connectivity index (χ0v) is 12.9. The van der Waals surface area contributed by atoms with E-state index in [2.05, 4.69) is 5.32 Å². The summed E-state index contributed by atoms with van der Waals surface area (Å²) in [6.07, 6.45) is 0. The second-order valence-electron chi connectivity index (χ2n) is 5.06. The molecule has 0 saturated heterocycles. The average Bonchev–Trinajstić information content (AvgIpc) is 2.73. The highest BCUT2D eigenvalue weighted by Crippen LogP contribution is 2.30. The van der Waals surface area contributed by atoms with Gasteiger partial charge >= 0.3 is 0 Å². The molecule has 1 aliphatic heterocycles. The van der Waals surface area contributed by atoms with Gasteiger partial charge in [0.05, 0.1) is 5.57 Å². The fourth-order valence-electron chi connectivity index (χ4n) is 2.35. The predicted molar refractivity (Wildman–Crippen MR) is 86.2 cm³/mol. The Balaban J connectivity index is 2.08. The van der Waals surface area contributed by atoms with E-state index >= 15 is 0 Å². The Bertz CT molecular complexity index is 831. The van der Waals surface area contributed by atoms with Crippen LogP contribution in [-0.2, 0) is 9.59 Å². The van der Waals surface area contributed by atoms with Gasteiger partial charge in [0.1, 0.15) is 11.5 Å². The van der Waals surface area contributed by atoms with E-state index in [1.807, 2.05) is 0 Å². The predicted octanol–water partition coefficient (Wildman–Crippen LogP) is 3.30. The van der Waals surface area contributed by atoms with Crippen molar-refractivity contribution in [3.05, 3.63) is 70.6 Å². The van der Waals surface area contributed by atoms with Gasteiger partial charge in [-0.2, -0.15) is 0 Å². The molecule has 23 heavy (non-hydrogen) atoms. The normalized spacial score (nSPS) is 14.7. The maximum Gasteiger partial charge on any atom is 0.277 e. The van der Waals surface area contributed by atoms with Crippen LogP contribution in [-0.4, -0.2) is 23.8 Å². The van der Waals surface area contributed by atoms with Crippen LogP contribution >= 0.6 is 11.6 Å². The van der Waals surface area contributed by atoms with Gasteiger partial charge in [0, 0.05) is 17.8 Å². The minimum atomic E-state index is -0.468. The number of imide groups is 1. The van der Waals surface area contributed by atoms with E-state index in [0.717, 1.165) is 4.90 Å². The molecule has 0 radical (unpaired) electrons. The Hall–Kier alpha value is -2.66. The molecule has 1 heterocycles. The second kappa shape index (κ2) is 5.85. The number of hydrogen-bond acceptors (Lipinski definition) is 3. The van der Waals surface area contributed by atoms with Crippen LogP contribution in [0.4, 0.5) is 10.1 Å². The lowest BCUT2D eigenvalue weighted by Crippen LogP contribution is -2.27. The number of nitrogens with zero attached hydrogens (tertiary/aromatic N) is 1. The third kappa shape index (κ3) is 2.83. The molecule has 0 bridgehead atoms. The lowest BCUT2D eigenvalue weighted by Gasteiger charge is -2.08. The first-order valence-electron chi connectivity index (χ1n) is 6.82. The van der Waals surface area contributed by atoms with Crippen LogP contribution in [0.1, 0.15) is 5.56 Å². The lowest BCUT2D eigenvalue weighted by molar-refractivity contribution is -0.135. The Morgan fingerprint density at radius 2 is 1.74 bits per heavy atom. The van der Waals surface area contributed by atoms with Gasteiger partial charge in [-0.1, -0.05) is 29.8 Å². The van der Waals surface area contributed by atoms with Crippen molar-refractivity contribution in [2.45, 2.75) is 0 Å². The van der Waals surface area contributed by atoms with Crippen LogP contribution in [0.5, 0.6) is 0 Å². The number of carbonyl (C=O) groups is 2. The monoisotopic (exact) mass is 330 g/mol. The van der Waals surface area contributed by atoms with E-state index in [9.17, 15) is 14.0 Å². The highest BCUT2D eigenvalue weighted by atomic mass is 35.5. The summed E-state index contributed by atoms with van der Waals surface area (Å²) in [7, 11) is 1.40. The molecule has 2 aromatic rings. The van der Waals surface area contributed by atoms with Gasteiger partial charge in [-0.25, -0.2) is 4.39 Å². The lowest BCUT2D eigenvalue weighted by atomic mass is 10.0. The summed E-state index contributed by atoms with van der Waals surface area (Å²) in [5, 5.41) is 3.38. The minimum absolute atomic E-state index is 0.116. The van der Waals surface area contributed by atoms with E-state index < -0.39 is 17.6 Å². The highest BCUT2D eigenvalue weighted by molar-refractivity contribution is 6.36. The van der Waals surface area contributed by atoms with Crippen LogP contribution < -0.4 is 5.32 Å². The van der Waals surface area contributed by atoms with Gasteiger partial charge in [0.15, 0.2) is 0 Å². The molecule has 2 amide bonds. The fraction of sp³-hybridized carbons (Fsp3) is 0.0588. The molecule has 0 aromatic heterocycles. The van der Waals surface area contributed by atoms with E-state index in [-0.39, 0.29) is 11.3 Å². The topological polar surface area (TPSA) is 49.4 Å². The third-order valence-electron chi connectivity index (χ3n) is 3.51. The summed E-state index contributed by atoms with van der Waals surface area (Å²) in [5.74, 6) is -1.32. The molecule has 2 aromatic carbocycles.